The van der Waals surface area contributed by atoms with Crippen LogP contribution in [0.25, 0.3) is 0 Å². The molecule has 0 aliphatic carbocycles. The Morgan fingerprint density at radius 2 is 2.14 bits per heavy atom. The van der Waals surface area contributed by atoms with Gasteiger partial charge in [0.25, 0.3) is 0 Å². The predicted octanol–water partition coefficient (Wildman–Crippen LogP) is 4.71. The molecular formula is C10H15Br2NS. The summed E-state index contributed by atoms with van der Waals surface area (Å²) in [6.45, 7) is 4.41. The van der Waals surface area contributed by atoms with E-state index < -0.39 is 0 Å². The highest BCUT2D eigenvalue weighted by Gasteiger charge is 2.18. The molecule has 2 N–H and O–H groups in total. The molecule has 0 aliphatic rings. The highest BCUT2D eigenvalue weighted by atomic mass is 79.9. The van der Waals surface area contributed by atoms with Crippen molar-refractivity contribution in [1.82, 2.24) is 0 Å². The van der Waals surface area contributed by atoms with Crippen LogP contribution in [-0.4, -0.2) is 0 Å². The van der Waals surface area contributed by atoms with Gasteiger partial charge in [0.1, 0.15) is 0 Å². The molecule has 14 heavy (non-hydrogen) atoms. The molecule has 1 nitrogen and oxygen atoms in total. The quantitative estimate of drug-likeness (QED) is 0.843. The van der Waals surface area contributed by atoms with Gasteiger partial charge < -0.3 is 5.73 Å². The smallest absolute Gasteiger partial charge is 0.0758 e. The standard InChI is InChI=1S/C10H15Br2NS/c1-3-4-6(2)9(13)7-5-8(11)14-10(7)12/h5-6,9H,3-4,13H2,1-2H3. The minimum Gasteiger partial charge on any atom is -0.324 e. The van der Waals surface area contributed by atoms with Crippen molar-refractivity contribution in [2.45, 2.75) is 32.7 Å². The summed E-state index contributed by atoms with van der Waals surface area (Å²) in [5, 5.41) is 0. The maximum atomic E-state index is 6.19. The van der Waals surface area contributed by atoms with Crippen LogP contribution in [0.2, 0.25) is 0 Å². The zero-order chi connectivity index (χ0) is 10.7. The maximum absolute atomic E-state index is 6.19. The molecule has 0 fully saturated rings. The van der Waals surface area contributed by atoms with Crippen molar-refractivity contribution in [1.29, 1.82) is 0 Å². The Morgan fingerprint density at radius 1 is 1.50 bits per heavy atom. The molecule has 4 heteroatoms. The van der Waals surface area contributed by atoms with Gasteiger partial charge in [-0.25, -0.2) is 0 Å². The van der Waals surface area contributed by atoms with E-state index in [0.717, 1.165) is 7.57 Å². The Balaban J connectivity index is 2.77. The minimum absolute atomic E-state index is 0.145. The first-order valence-electron chi connectivity index (χ1n) is 4.76. The summed E-state index contributed by atoms with van der Waals surface area (Å²) in [6.07, 6.45) is 2.37. The molecule has 0 aliphatic heterocycles. The molecule has 1 heterocycles. The molecular weight excluding hydrogens is 326 g/mol. The molecule has 0 aromatic carbocycles. The molecule has 2 unspecified atom stereocenters. The van der Waals surface area contributed by atoms with Gasteiger partial charge in [-0.2, -0.15) is 0 Å². The second-order valence-electron chi connectivity index (χ2n) is 3.57. The van der Waals surface area contributed by atoms with Crippen LogP contribution >= 0.6 is 43.2 Å². The molecule has 0 bridgehead atoms. The van der Waals surface area contributed by atoms with Crippen LogP contribution in [0.5, 0.6) is 0 Å². The van der Waals surface area contributed by atoms with Gasteiger partial charge in [-0.3, -0.25) is 0 Å². The van der Waals surface area contributed by atoms with Crippen LogP contribution in [0.4, 0.5) is 0 Å². The van der Waals surface area contributed by atoms with E-state index in [1.807, 2.05) is 0 Å². The number of nitrogens with two attached hydrogens (primary N) is 1. The normalized spacial score (nSPS) is 15.5. The monoisotopic (exact) mass is 339 g/mol. The SMILES string of the molecule is CCCC(C)C(N)c1cc(Br)sc1Br. The average molecular weight is 341 g/mol. The van der Waals surface area contributed by atoms with Crippen molar-refractivity contribution >= 4 is 43.2 Å². The Labute approximate surface area is 106 Å². The first-order chi connectivity index (χ1) is 6.56. The Kier molecular flexibility index (Phi) is 5.11. The van der Waals surface area contributed by atoms with E-state index >= 15 is 0 Å². The lowest BCUT2D eigenvalue weighted by molar-refractivity contribution is 0.433. The lowest BCUT2D eigenvalue weighted by Crippen LogP contribution is -2.18. The van der Waals surface area contributed by atoms with Crippen LogP contribution in [0, 0.1) is 5.92 Å². The number of hydrogen-bond donors (Lipinski definition) is 1. The molecule has 1 rings (SSSR count). The van der Waals surface area contributed by atoms with Crippen molar-refractivity contribution in [2.24, 2.45) is 11.7 Å². The van der Waals surface area contributed by atoms with Gasteiger partial charge in [-0.1, -0.05) is 20.3 Å². The fourth-order valence-electron chi connectivity index (χ4n) is 1.52. The summed E-state index contributed by atoms with van der Waals surface area (Å²) < 4.78 is 2.29. The van der Waals surface area contributed by atoms with E-state index in [0.29, 0.717) is 5.92 Å². The molecule has 0 amide bonds. The second kappa shape index (κ2) is 5.64. The molecule has 0 spiro atoms. The van der Waals surface area contributed by atoms with Crippen molar-refractivity contribution in [3.63, 3.8) is 0 Å². The summed E-state index contributed by atoms with van der Waals surface area (Å²) in [7, 11) is 0. The Morgan fingerprint density at radius 3 is 2.57 bits per heavy atom. The number of halogens is 2. The van der Waals surface area contributed by atoms with E-state index in [9.17, 15) is 0 Å². The third-order valence-electron chi connectivity index (χ3n) is 2.40. The van der Waals surface area contributed by atoms with Gasteiger partial charge >= 0.3 is 0 Å². The molecule has 80 valence electrons. The van der Waals surface area contributed by atoms with Gasteiger partial charge in [-0.05, 0) is 55.8 Å². The lowest BCUT2D eigenvalue weighted by atomic mass is 9.93. The first kappa shape index (κ1) is 12.7. The molecule has 0 radical (unpaired) electrons. The second-order valence-corrected chi connectivity index (χ2v) is 7.32. The predicted molar refractivity (Wildman–Crippen MR) is 70.7 cm³/mol. The lowest BCUT2D eigenvalue weighted by Gasteiger charge is -2.18. The van der Waals surface area contributed by atoms with E-state index in [1.54, 1.807) is 11.3 Å². The molecule has 0 saturated heterocycles. The Bertz CT molecular complexity index is 298. The summed E-state index contributed by atoms with van der Waals surface area (Å²) in [5.41, 5.74) is 7.42. The molecule has 1 aromatic heterocycles. The topological polar surface area (TPSA) is 26.0 Å². The van der Waals surface area contributed by atoms with Crippen LogP contribution in [0.15, 0.2) is 13.6 Å². The van der Waals surface area contributed by atoms with Crippen molar-refractivity contribution < 1.29 is 0 Å². The van der Waals surface area contributed by atoms with Crippen molar-refractivity contribution in [3.05, 3.63) is 19.2 Å². The van der Waals surface area contributed by atoms with E-state index in [1.165, 1.54) is 18.4 Å². The zero-order valence-corrected chi connectivity index (χ0v) is 12.4. The zero-order valence-electron chi connectivity index (χ0n) is 8.39. The molecule has 2 atom stereocenters. The largest absolute Gasteiger partial charge is 0.324 e. The van der Waals surface area contributed by atoms with Gasteiger partial charge in [0.05, 0.1) is 7.57 Å². The highest BCUT2D eigenvalue weighted by Crippen LogP contribution is 2.37. The van der Waals surface area contributed by atoms with Crippen LogP contribution in [0.3, 0.4) is 0 Å². The Hall–Kier alpha value is 0.620. The van der Waals surface area contributed by atoms with Crippen molar-refractivity contribution in [3.8, 4) is 0 Å². The highest BCUT2D eigenvalue weighted by molar-refractivity contribution is 9.12. The first-order valence-corrected chi connectivity index (χ1v) is 7.16. The van der Waals surface area contributed by atoms with Gasteiger partial charge in [0.2, 0.25) is 0 Å². The molecule has 1 aromatic rings. The maximum Gasteiger partial charge on any atom is 0.0758 e. The number of thiophene rings is 1. The summed E-state index contributed by atoms with van der Waals surface area (Å²) >= 11 is 8.70. The third-order valence-corrected chi connectivity index (χ3v) is 4.78. The van der Waals surface area contributed by atoms with Gasteiger partial charge in [-0.15, -0.1) is 11.3 Å². The fourth-order valence-corrected chi connectivity index (χ4v) is 4.48. The third kappa shape index (κ3) is 3.05. The summed E-state index contributed by atoms with van der Waals surface area (Å²) in [4.78, 5) is 0. The van der Waals surface area contributed by atoms with E-state index in [2.05, 4.69) is 51.8 Å². The minimum atomic E-state index is 0.145. The van der Waals surface area contributed by atoms with Gasteiger partial charge in [0.15, 0.2) is 0 Å². The summed E-state index contributed by atoms with van der Waals surface area (Å²) in [5.74, 6) is 0.540. The van der Waals surface area contributed by atoms with Crippen LogP contribution in [0.1, 0.15) is 38.3 Å². The van der Waals surface area contributed by atoms with E-state index in [4.69, 9.17) is 5.73 Å². The van der Waals surface area contributed by atoms with Gasteiger partial charge in [0, 0.05) is 6.04 Å². The van der Waals surface area contributed by atoms with Crippen LogP contribution < -0.4 is 5.73 Å². The molecule has 0 saturated carbocycles. The number of hydrogen-bond acceptors (Lipinski definition) is 2. The fraction of sp³-hybridized carbons (Fsp3) is 0.600. The van der Waals surface area contributed by atoms with E-state index in [-0.39, 0.29) is 6.04 Å². The average Bonchev–Trinajstić information content (AvgIpc) is 2.44. The van der Waals surface area contributed by atoms with Crippen LogP contribution in [-0.2, 0) is 0 Å². The summed E-state index contributed by atoms with van der Waals surface area (Å²) in [6, 6.07) is 2.26. The van der Waals surface area contributed by atoms with Crippen molar-refractivity contribution in [2.75, 3.05) is 0 Å². The number of rotatable bonds is 4.